The molecule has 0 spiro atoms. The second-order valence-electron chi connectivity index (χ2n) is 4.13. The van der Waals surface area contributed by atoms with Crippen LogP contribution < -0.4 is 0 Å². The lowest BCUT2D eigenvalue weighted by molar-refractivity contribution is -0.140. The molecule has 2 rings (SSSR count). The third kappa shape index (κ3) is 2.28. The van der Waals surface area contributed by atoms with Crippen molar-refractivity contribution in [2.24, 2.45) is 0 Å². The van der Waals surface area contributed by atoms with Gasteiger partial charge in [-0.3, -0.25) is 4.79 Å². The molecule has 1 aliphatic heterocycles. The van der Waals surface area contributed by atoms with Crippen LogP contribution in [-0.4, -0.2) is 44.7 Å². The van der Waals surface area contributed by atoms with Gasteiger partial charge in [-0.05, 0) is 30.7 Å². The van der Waals surface area contributed by atoms with Gasteiger partial charge in [-0.15, -0.1) is 11.8 Å². The molecule has 5 nitrogen and oxygen atoms in total. The van der Waals surface area contributed by atoms with E-state index < -0.39 is 12.0 Å². The summed E-state index contributed by atoms with van der Waals surface area (Å²) in [5, 5.41) is 18.3. The van der Waals surface area contributed by atoms with Crippen LogP contribution in [0.2, 0.25) is 0 Å². The number of hydrogen-bond acceptors (Lipinski definition) is 4. The van der Waals surface area contributed by atoms with Gasteiger partial charge in [-0.25, -0.2) is 4.79 Å². The van der Waals surface area contributed by atoms with Crippen LogP contribution in [0.5, 0.6) is 5.75 Å². The van der Waals surface area contributed by atoms with Gasteiger partial charge < -0.3 is 15.1 Å². The van der Waals surface area contributed by atoms with Crippen molar-refractivity contribution >= 4 is 23.6 Å². The molecule has 2 N–H and O–H groups in total. The lowest BCUT2D eigenvalue weighted by Crippen LogP contribution is -2.41. The van der Waals surface area contributed by atoms with Crippen LogP contribution >= 0.6 is 11.8 Å². The summed E-state index contributed by atoms with van der Waals surface area (Å²) in [4.78, 5) is 24.7. The number of phenolic OH excluding ortho intramolecular Hbond substituents is 1. The van der Waals surface area contributed by atoms with E-state index in [4.69, 9.17) is 5.11 Å². The van der Waals surface area contributed by atoms with E-state index in [0.717, 1.165) is 0 Å². The minimum absolute atomic E-state index is 0.0923. The number of benzene rings is 1. The van der Waals surface area contributed by atoms with Crippen molar-refractivity contribution in [1.29, 1.82) is 0 Å². The van der Waals surface area contributed by atoms with Crippen molar-refractivity contribution in [2.75, 3.05) is 11.6 Å². The monoisotopic (exact) mass is 267 g/mol. The number of hydrogen-bond donors (Lipinski definition) is 2. The Morgan fingerprint density at radius 3 is 2.78 bits per heavy atom. The first kappa shape index (κ1) is 12.8. The van der Waals surface area contributed by atoms with Crippen LogP contribution in [0, 0.1) is 6.92 Å². The number of aryl methyl sites for hydroxylation is 1. The van der Waals surface area contributed by atoms with Crippen molar-refractivity contribution in [1.82, 2.24) is 4.90 Å². The van der Waals surface area contributed by atoms with Crippen molar-refractivity contribution < 1.29 is 19.8 Å². The van der Waals surface area contributed by atoms with Gasteiger partial charge in [-0.1, -0.05) is 0 Å². The quantitative estimate of drug-likeness (QED) is 0.844. The zero-order valence-electron chi connectivity index (χ0n) is 9.79. The Hall–Kier alpha value is -1.69. The van der Waals surface area contributed by atoms with Crippen LogP contribution in [0.1, 0.15) is 15.9 Å². The van der Waals surface area contributed by atoms with Crippen LogP contribution in [-0.2, 0) is 4.79 Å². The van der Waals surface area contributed by atoms with E-state index in [0.29, 0.717) is 22.8 Å². The van der Waals surface area contributed by atoms with Gasteiger partial charge >= 0.3 is 5.97 Å². The molecule has 0 radical (unpaired) electrons. The molecule has 1 aromatic carbocycles. The van der Waals surface area contributed by atoms with Crippen molar-refractivity contribution in [3.8, 4) is 5.75 Å². The van der Waals surface area contributed by atoms with Gasteiger partial charge in [0.25, 0.3) is 5.91 Å². The second kappa shape index (κ2) is 4.89. The largest absolute Gasteiger partial charge is 0.508 e. The number of nitrogens with zero attached hydrogens (tertiary/aromatic N) is 1. The summed E-state index contributed by atoms with van der Waals surface area (Å²) in [6.45, 7) is 1.71. The van der Waals surface area contributed by atoms with Gasteiger partial charge in [0.1, 0.15) is 11.8 Å². The summed E-state index contributed by atoms with van der Waals surface area (Å²) in [5.74, 6) is -0.391. The molecule has 1 aliphatic rings. The third-order valence-corrected chi connectivity index (χ3v) is 3.88. The Morgan fingerprint density at radius 2 is 2.17 bits per heavy atom. The standard InChI is InChI=1S/C12H13NO4S/c1-7-4-8(14)2-3-9(7)11(15)13-6-18-5-10(13)12(16)17/h2-4,10,14H,5-6H2,1H3,(H,16,17). The molecule has 0 aliphatic carbocycles. The molecule has 1 atom stereocenters. The average Bonchev–Trinajstić information content (AvgIpc) is 2.77. The van der Waals surface area contributed by atoms with E-state index in [1.807, 2.05) is 0 Å². The number of aliphatic carboxylic acids is 1. The predicted octanol–water partition coefficient (Wildman–Crippen LogP) is 1.30. The number of carboxylic acid groups (broad SMARTS) is 1. The Labute approximate surface area is 108 Å². The molecule has 0 bridgehead atoms. The van der Waals surface area contributed by atoms with Crippen molar-refractivity contribution in [2.45, 2.75) is 13.0 Å². The van der Waals surface area contributed by atoms with Crippen molar-refractivity contribution in [3.63, 3.8) is 0 Å². The maximum absolute atomic E-state index is 12.3. The molecule has 6 heteroatoms. The Balaban J connectivity index is 2.28. The summed E-state index contributed by atoms with van der Waals surface area (Å²) in [5.41, 5.74) is 1.07. The van der Waals surface area contributed by atoms with Gasteiger partial charge in [0, 0.05) is 11.3 Å². The maximum Gasteiger partial charge on any atom is 0.327 e. The van der Waals surface area contributed by atoms with Crippen LogP contribution in [0.4, 0.5) is 0 Å². The SMILES string of the molecule is Cc1cc(O)ccc1C(=O)N1CSCC1C(=O)O. The van der Waals surface area contributed by atoms with Crippen molar-refractivity contribution in [3.05, 3.63) is 29.3 Å². The highest BCUT2D eigenvalue weighted by Gasteiger charge is 2.35. The Morgan fingerprint density at radius 1 is 1.44 bits per heavy atom. The molecule has 18 heavy (non-hydrogen) atoms. The topological polar surface area (TPSA) is 77.8 Å². The number of carbonyl (C=O) groups is 2. The highest BCUT2D eigenvalue weighted by molar-refractivity contribution is 7.99. The average molecular weight is 267 g/mol. The molecule has 1 unspecified atom stereocenters. The van der Waals surface area contributed by atoms with Gasteiger partial charge in [0.15, 0.2) is 0 Å². The number of aromatic hydroxyl groups is 1. The number of amides is 1. The molecular weight excluding hydrogens is 254 g/mol. The van der Waals surface area contributed by atoms with E-state index in [2.05, 4.69) is 0 Å². The summed E-state index contributed by atoms with van der Waals surface area (Å²) in [6.07, 6.45) is 0. The molecule has 1 heterocycles. The fourth-order valence-electron chi connectivity index (χ4n) is 1.89. The molecule has 96 valence electrons. The summed E-state index contributed by atoms with van der Waals surface area (Å²) in [7, 11) is 0. The van der Waals surface area contributed by atoms with Crippen LogP contribution in [0.25, 0.3) is 0 Å². The zero-order chi connectivity index (χ0) is 13.3. The number of carbonyl (C=O) groups excluding carboxylic acids is 1. The molecule has 1 amide bonds. The Kier molecular flexibility index (Phi) is 3.47. The van der Waals surface area contributed by atoms with E-state index >= 15 is 0 Å². The first-order valence-electron chi connectivity index (χ1n) is 5.42. The zero-order valence-corrected chi connectivity index (χ0v) is 10.6. The molecule has 1 saturated heterocycles. The molecule has 1 fully saturated rings. The van der Waals surface area contributed by atoms with Crippen LogP contribution in [0.15, 0.2) is 18.2 Å². The molecule has 1 aromatic rings. The van der Waals surface area contributed by atoms with Gasteiger partial charge in [0.2, 0.25) is 0 Å². The van der Waals surface area contributed by atoms with Gasteiger partial charge in [-0.2, -0.15) is 0 Å². The number of carboxylic acids is 1. The van der Waals surface area contributed by atoms with E-state index in [1.54, 1.807) is 6.92 Å². The first-order chi connectivity index (χ1) is 8.50. The van der Waals surface area contributed by atoms with E-state index in [-0.39, 0.29) is 11.7 Å². The van der Waals surface area contributed by atoms with Gasteiger partial charge in [0.05, 0.1) is 5.88 Å². The minimum Gasteiger partial charge on any atom is -0.508 e. The molecule has 0 aromatic heterocycles. The maximum atomic E-state index is 12.3. The highest BCUT2D eigenvalue weighted by Crippen LogP contribution is 2.25. The number of thioether (sulfide) groups is 1. The Bertz CT molecular complexity index is 503. The summed E-state index contributed by atoms with van der Waals surface area (Å²) in [6, 6.07) is 3.68. The first-order valence-corrected chi connectivity index (χ1v) is 6.57. The summed E-state index contributed by atoms with van der Waals surface area (Å²) >= 11 is 1.43. The molecule has 0 saturated carbocycles. The summed E-state index contributed by atoms with van der Waals surface area (Å²) < 4.78 is 0. The van der Waals surface area contributed by atoms with E-state index in [1.165, 1.54) is 34.9 Å². The number of rotatable bonds is 2. The second-order valence-corrected chi connectivity index (χ2v) is 5.13. The highest BCUT2D eigenvalue weighted by atomic mass is 32.2. The third-order valence-electron chi connectivity index (χ3n) is 2.87. The lowest BCUT2D eigenvalue weighted by Gasteiger charge is -2.21. The predicted molar refractivity (Wildman–Crippen MR) is 67.8 cm³/mol. The fraction of sp³-hybridized carbons (Fsp3) is 0.333. The number of phenols is 1. The van der Waals surface area contributed by atoms with Crippen LogP contribution in [0.3, 0.4) is 0 Å². The normalized spacial score (nSPS) is 18.9. The lowest BCUT2D eigenvalue weighted by atomic mass is 10.1. The van der Waals surface area contributed by atoms with E-state index in [9.17, 15) is 14.7 Å². The minimum atomic E-state index is -0.982. The fourth-order valence-corrected chi connectivity index (χ4v) is 3.04. The molecular formula is C12H13NO4S. The smallest absolute Gasteiger partial charge is 0.327 e.